The Labute approximate surface area is 133 Å². The van der Waals surface area contributed by atoms with Crippen molar-refractivity contribution in [2.75, 3.05) is 13.2 Å². The molecule has 22 heavy (non-hydrogen) atoms. The predicted molar refractivity (Wildman–Crippen MR) is 87.8 cm³/mol. The minimum atomic E-state index is -3.41. The molecule has 6 heteroatoms. The van der Waals surface area contributed by atoms with Crippen LogP contribution in [-0.2, 0) is 14.6 Å². The lowest BCUT2D eigenvalue weighted by Gasteiger charge is -2.15. The molecule has 1 N–H and O–H groups in total. The average molecular weight is 327 g/mol. The molecule has 0 fully saturated rings. The van der Waals surface area contributed by atoms with Crippen molar-refractivity contribution in [3.05, 3.63) is 29.8 Å². The maximum atomic E-state index is 11.9. The normalized spacial score (nSPS) is 13.0. The van der Waals surface area contributed by atoms with Crippen LogP contribution >= 0.6 is 0 Å². The molecule has 0 radical (unpaired) electrons. The summed E-state index contributed by atoms with van der Waals surface area (Å²) in [4.78, 5) is 11.8. The summed E-state index contributed by atoms with van der Waals surface area (Å²) in [7, 11) is -3.41. The lowest BCUT2D eigenvalue weighted by molar-refractivity contribution is -0.120. The quantitative estimate of drug-likeness (QED) is 0.742. The number of nitrogens with one attached hydrogen (secondary N) is 1. The molecule has 0 saturated heterocycles. The van der Waals surface area contributed by atoms with Gasteiger partial charge in [0.2, 0.25) is 5.91 Å². The zero-order valence-electron chi connectivity index (χ0n) is 13.6. The van der Waals surface area contributed by atoms with Gasteiger partial charge in [0.25, 0.3) is 0 Å². The van der Waals surface area contributed by atoms with Gasteiger partial charge < -0.3 is 10.1 Å². The lowest BCUT2D eigenvalue weighted by Crippen LogP contribution is -2.41. The van der Waals surface area contributed by atoms with E-state index in [0.717, 1.165) is 5.75 Å². The molecule has 0 bridgehead atoms. The van der Waals surface area contributed by atoms with Crippen LogP contribution in [-0.4, -0.2) is 38.0 Å². The monoisotopic (exact) mass is 327 g/mol. The van der Waals surface area contributed by atoms with Crippen molar-refractivity contribution < 1.29 is 17.9 Å². The van der Waals surface area contributed by atoms with E-state index < -0.39 is 26.2 Å². The summed E-state index contributed by atoms with van der Waals surface area (Å²) in [6.45, 7) is 7.44. The molecule has 0 heterocycles. The van der Waals surface area contributed by atoms with Crippen molar-refractivity contribution >= 4 is 15.7 Å². The molecule has 0 saturated carbocycles. The zero-order valence-corrected chi connectivity index (χ0v) is 14.4. The van der Waals surface area contributed by atoms with Gasteiger partial charge >= 0.3 is 0 Å². The van der Waals surface area contributed by atoms with E-state index in [1.165, 1.54) is 12.5 Å². The van der Waals surface area contributed by atoms with E-state index in [1.807, 2.05) is 31.2 Å². The van der Waals surface area contributed by atoms with Gasteiger partial charge in [-0.3, -0.25) is 4.79 Å². The summed E-state index contributed by atoms with van der Waals surface area (Å²) in [5.41, 5.74) is 1.17. The van der Waals surface area contributed by atoms with E-state index in [4.69, 9.17) is 4.74 Å². The highest BCUT2D eigenvalue weighted by Crippen LogP contribution is 2.11. The summed E-state index contributed by atoms with van der Waals surface area (Å²) < 4.78 is 29.3. The fraction of sp³-hybridized carbons (Fsp3) is 0.562. The van der Waals surface area contributed by atoms with E-state index in [2.05, 4.69) is 5.32 Å². The van der Waals surface area contributed by atoms with Crippen LogP contribution in [0.4, 0.5) is 0 Å². The number of sulfone groups is 1. The van der Waals surface area contributed by atoms with E-state index in [9.17, 15) is 13.2 Å². The number of benzene rings is 1. The predicted octanol–water partition coefficient (Wildman–Crippen LogP) is 2.09. The van der Waals surface area contributed by atoms with Crippen molar-refractivity contribution in [3.63, 3.8) is 0 Å². The molecule has 0 unspecified atom stereocenters. The van der Waals surface area contributed by atoms with Gasteiger partial charge in [-0.05, 0) is 46.2 Å². The molecule has 1 amide bonds. The zero-order chi connectivity index (χ0) is 16.8. The third-order valence-corrected chi connectivity index (χ3v) is 5.94. The molecule has 1 aromatic rings. The molecule has 1 aromatic carbocycles. The Morgan fingerprint density at radius 3 is 2.32 bits per heavy atom. The Balaban J connectivity index is 2.29. The standard InChI is InChI=1S/C16H25NO4S/c1-12(2)22(19,20)14(4)16(18)17-10-5-11-21-15-8-6-13(3)7-9-15/h6-9,12,14H,5,10-11H2,1-4H3,(H,17,18)/t14-/m1/s1. The second-order valence-electron chi connectivity index (χ2n) is 5.59. The molecule has 1 rings (SSSR count). The van der Waals surface area contributed by atoms with Gasteiger partial charge in [0.05, 0.1) is 11.9 Å². The fourth-order valence-electron chi connectivity index (χ4n) is 1.81. The number of hydrogen-bond acceptors (Lipinski definition) is 4. The van der Waals surface area contributed by atoms with Gasteiger partial charge in [0.15, 0.2) is 9.84 Å². The highest BCUT2D eigenvalue weighted by atomic mass is 32.2. The van der Waals surface area contributed by atoms with Crippen molar-refractivity contribution in [1.29, 1.82) is 0 Å². The van der Waals surface area contributed by atoms with Crippen molar-refractivity contribution in [3.8, 4) is 5.75 Å². The van der Waals surface area contributed by atoms with E-state index in [-0.39, 0.29) is 0 Å². The number of ether oxygens (including phenoxy) is 1. The number of carbonyl (C=O) groups excluding carboxylic acids is 1. The van der Waals surface area contributed by atoms with Gasteiger partial charge in [-0.15, -0.1) is 0 Å². The SMILES string of the molecule is Cc1ccc(OCCCNC(=O)[C@@H](C)S(=O)(=O)C(C)C)cc1. The smallest absolute Gasteiger partial charge is 0.238 e. The first-order valence-electron chi connectivity index (χ1n) is 7.45. The number of amides is 1. The first kappa shape index (κ1) is 18.5. The van der Waals surface area contributed by atoms with E-state index in [0.29, 0.717) is 19.6 Å². The molecular formula is C16H25NO4S. The molecule has 124 valence electrons. The molecule has 0 aliphatic carbocycles. The van der Waals surface area contributed by atoms with Gasteiger partial charge in [-0.25, -0.2) is 8.42 Å². The van der Waals surface area contributed by atoms with Gasteiger partial charge in [-0.1, -0.05) is 17.7 Å². The minimum Gasteiger partial charge on any atom is -0.494 e. The Morgan fingerprint density at radius 2 is 1.77 bits per heavy atom. The molecular weight excluding hydrogens is 302 g/mol. The highest BCUT2D eigenvalue weighted by molar-refractivity contribution is 7.93. The second-order valence-corrected chi connectivity index (χ2v) is 8.41. The van der Waals surface area contributed by atoms with Crippen LogP contribution in [0.3, 0.4) is 0 Å². The number of carbonyl (C=O) groups is 1. The summed E-state index contributed by atoms with van der Waals surface area (Å²) in [6.07, 6.45) is 0.619. The third-order valence-electron chi connectivity index (χ3n) is 3.43. The molecule has 1 atom stereocenters. The van der Waals surface area contributed by atoms with Crippen LogP contribution in [0.25, 0.3) is 0 Å². The third kappa shape index (κ3) is 5.33. The van der Waals surface area contributed by atoms with Crippen LogP contribution in [0.2, 0.25) is 0 Å². The molecule has 0 aliphatic heterocycles. The van der Waals surface area contributed by atoms with E-state index >= 15 is 0 Å². The van der Waals surface area contributed by atoms with Crippen molar-refractivity contribution in [1.82, 2.24) is 5.32 Å². The van der Waals surface area contributed by atoms with Crippen LogP contribution in [0.5, 0.6) is 5.75 Å². The number of hydrogen-bond donors (Lipinski definition) is 1. The summed E-state index contributed by atoms with van der Waals surface area (Å²) in [5.74, 6) is 0.330. The summed E-state index contributed by atoms with van der Waals surface area (Å²) >= 11 is 0. The number of aryl methyl sites for hydroxylation is 1. The van der Waals surface area contributed by atoms with Gasteiger partial charge in [0.1, 0.15) is 11.0 Å². The molecule has 5 nitrogen and oxygen atoms in total. The summed E-state index contributed by atoms with van der Waals surface area (Å²) in [5, 5.41) is 1.06. The maximum Gasteiger partial charge on any atom is 0.238 e. The number of rotatable bonds is 8. The molecule has 0 aliphatic rings. The topological polar surface area (TPSA) is 72.5 Å². The van der Waals surface area contributed by atoms with Crippen LogP contribution in [0.1, 0.15) is 32.8 Å². The van der Waals surface area contributed by atoms with E-state index in [1.54, 1.807) is 13.8 Å². The van der Waals surface area contributed by atoms with Crippen LogP contribution in [0, 0.1) is 6.92 Å². The molecule has 0 aromatic heterocycles. The molecule has 0 spiro atoms. The maximum absolute atomic E-state index is 11.9. The van der Waals surface area contributed by atoms with Crippen molar-refractivity contribution in [2.24, 2.45) is 0 Å². The van der Waals surface area contributed by atoms with Gasteiger partial charge in [-0.2, -0.15) is 0 Å². The Bertz CT molecular complexity index is 579. The Hall–Kier alpha value is -1.56. The van der Waals surface area contributed by atoms with Gasteiger partial charge in [0, 0.05) is 6.54 Å². The minimum absolute atomic E-state index is 0.392. The van der Waals surface area contributed by atoms with Crippen LogP contribution in [0.15, 0.2) is 24.3 Å². The average Bonchev–Trinajstić information content (AvgIpc) is 2.47. The Morgan fingerprint density at radius 1 is 1.18 bits per heavy atom. The lowest BCUT2D eigenvalue weighted by atomic mass is 10.2. The van der Waals surface area contributed by atoms with Crippen molar-refractivity contribution in [2.45, 2.75) is 44.6 Å². The summed E-state index contributed by atoms with van der Waals surface area (Å²) in [6, 6.07) is 7.72. The fourth-order valence-corrected chi connectivity index (χ4v) is 3.01. The first-order valence-corrected chi connectivity index (χ1v) is 9.06. The Kier molecular flexibility index (Phi) is 6.87. The first-order chi connectivity index (χ1) is 10.2. The second kappa shape index (κ2) is 8.17. The highest BCUT2D eigenvalue weighted by Gasteiger charge is 2.30. The van der Waals surface area contributed by atoms with Crippen LogP contribution < -0.4 is 10.1 Å². The largest absolute Gasteiger partial charge is 0.494 e.